The number of halogens is 1. The molecule has 1 fully saturated rings. The van der Waals surface area contributed by atoms with Crippen molar-refractivity contribution in [3.63, 3.8) is 0 Å². The van der Waals surface area contributed by atoms with E-state index in [0.29, 0.717) is 43.1 Å². The predicted molar refractivity (Wildman–Crippen MR) is 84.0 cm³/mol. The summed E-state index contributed by atoms with van der Waals surface area (Å²) in [5.74, 6) is 0.568. The standard InChI is InChI=1S/C17H20FN3O2/c18-14-4-2-1-3-13(14)15-11-20-16(23-15)5-6-17(22)21-9-7-12(19)8-10-21/h1-4,11-12H,5-10,19H2. The molecule has 1 amide bonds. The summed E-state index contributed by atoms with van der Waals surface area (Å²) in [6.07, 6.45) is 3.95. The smallest absolute Gasteiger partial charge is 0.223 e. The zero-order valence-electron chi connectivity index (χ0n) is 12.9. The van der Waals surface area contributed by atoms with Crippen LogP contribution in [0.3, 0.4) is 0 Å². The van der Waals surface area contributed by atoms with Gasteiger partial charge in [0.25, 0.3) is 0 Å². The van der Waals surface area contributed by atoms with Crippen LogP contribution < -0.4 is 5.73 Å². The van der Waals surface area contributed by atoms with Crippen LogP contribution in [0, 0.1) is 5.82 Å². The summed E-state index contributed by atoms with van der Waals surface area (Å²) in [5, 5.41) is 0. The van der Waals surface area contributed by atoms with Crippen LogP contribution in [0.4, 0.5) is 4.39 Å². The Labute approximate surface area is 134 Å². The van der Waals surface area contributed by atoms with Gasteiger partial charge in [0, 0.05) is 32.0 Å². The maximum atomic E-state index is 13.7. The number of nitrogens with zero attached hydrogens (tertiary/aromatic N) is 2. The third-order valence-electron chi connectivity index (χ3n) is 4.14. The molecule has 2 N–H and O–H groups in total. The Kier molecular flexibility index (Phi) is 4.71. The Balaban J connectivity index is 1.57. The van der Waals surface area contributed by atoms with Gasteiger partial charge in [-0.15, -0.1) is 0 Å². The number of carbonyl (C=O) groups is 1. The van der Waals surface area contributed by atoms with Gasteiger partial charge in [-0.3, -0.25) is 4.79 Å². The fraction of sp³-hybridized carbons (Fsp3) is 0.412. The van der Waals surface area contributed by atoms with E-state index < -0.39 is 0 Å². The van der Waals surface area contributed by atoms with E-state index in [1.165, 1.54) is 12.3 Å². The summed E-state index contributed by atoms with van der Waals surface area (Å²) in [5.41, 5.74) is 6.22. The van der Waals surface area contributed by atoms with Gasteiger partial charge in [-0.1, -0.05) is 12.1 Å². The van der Waals surface area contributed by atoms with Crippen LogP contribution in [0.25, 0.3) is 11.3 Å². The fourth-order valence-electron chi connectivity index (χ4n) is 2.73. The number of carbonyl (C=O) groups excluding carboxylic acids is 1. The van der Waals surface area contributed by atoms with Crippen molar-refractivity contribution in [3.05, 3.63) is 42.2 Å². The monoisotopic (exact) mass is 317 g/mol. The zero-order valence-corrected chi connectivity index (χ0v) is 12.9. The van der Waals surface area contributed by atoms with Crippen LogP contribution in [0.2, 0.25) is 0 Å². The van der Waals surface area contributed by atoms with E-state index in [1.54, 1.807) is 18.2 Å². The lowest BCUT2D eigenvalue weighted by atomic mass is 10.1. The number of aryl methyl sites for hydroxylation is 1. The zero-order chi connectivity index (χ0) is 16.2. The first-order chi connectivity index (χ1) is 11.1. The minimum atomic E-state index is -0.351. The summed E-state index contributed by atoms with van der Waals surface area (Å²) in [7, 11) is 0. The van der Waals surface area contributed by atoms with Crippen molar-refractivity contribution < 1.29 is 13.6 Å². The molecule has 1 aliphatic rings. The number of hydrogen-bond donors (Lipinski definition) is 1. The first kappa shape index (κ1) is 15.7. The number of rotatable bonds is 4. The highest BCUT2D eigenvalue weighted by molar-refractivity contribution is 5.76. The third kappa shape index (κ3) is 3.76. The lowest BCUT2D eigenvalue weighted by Gasteiger charge is -2.30. The number of oxazole rings is 1. The van der Waals surface area contributed by atoms with Gasteiger partial charge in [-0.25, -0.2) is 9.37 Å². The molecule has 0 spiro atoms. The molecular formula is C17H20FN3O2. The normalized spacial score (nSPS) is 15.8. The number of aromatic nitrogens is 1. The summed E-state index contributed by atoms with van der Waals surface area (Å²) in [6.45, 7) is 1.43. The SMILES string of the molecule is NC1CCN(C(=O)CCc2ncc(-c3ccccc3F)o2)CC1. The van der Waals surface area contributed by atoms with E-state index in [9.17, 15) is 9.18 Å². The highest BCUT2D eigenvalue weighted by Crippen LogP contribution is 2.23. The summed E-state index contributed by atoms with van der Waals surface area (Å²) < 4.78 is 19.3. The molecular weight excluding hydrogens is 297 g/mol. The van der Waals surface area contributed by atoms with E-state index in [-0.39, 0.29) is 17.8 Å². The molecule has 2 aromatic rings. The van der Waals surface area contributed by atoms with Gasteiger partial charge in [0.15, 0.2) is 11.7 Å². The molecule has 3 rings (SSSR count). The number of piperidine rings is 1. The molecule has 5 nitrogen and oxygen atoms in total. The van der Waals surface area contributed by atoms with E-state index in [4.69, 9.17) is 10.2 Å². The van der Waals surface area contributed by atoms with Gasteiger partial charge in [0.1, 0.15) is 5.82 Å². The van der Waals surface area contributed by atoms with Crippen LogP contribution in [-0.2, 0) is 11.2 Å². The molecule has 0 bridgehead atoms. The minimum absolute atomic E-state index is 0.0857. The molecule has 0 atom stereocenters. The quantitative estimate of drug-likeness (QED) is 0.939. The topological polar surface area (TPSA) is 72.4 Å². The Morgan fingerprint density at radius 3 is 2.83 bits per heavy atom. The van der Waals surface area contributed by atoms with E-state index in [2.05, 4.69) is 4.98 Å². The molecule has 1 aromatic carbocycles. The van der Waals surface area contributed by atoms with Crippen LogP contribution in [0.5, 0.6) is 0 Å². The summed E-state index contributed by atoms with van der Waals surface area (Å²) in [4.78, 5) is 18.1. The molecule has 122 valence electrons. The van der Waals surface area contributed by atoms with Crippen molar-refractivity contribution in [1.29, 1.82) is 0 Å². The highest BCUT2D eigenvalue weighted by Gasteiger charge is 2.21. The Morgan fingerprint density at radius 2 is 2.09 bits per heavy atom. The molecule has 1 saturated heterocycles. The van der Waals surface area contributed by atoms with E-state index in [1.807, 2.05) is 4.90 Å². The van der Waals surface area contributed by atoms with Gasteiger partial charge in [0.05, 0.1) is 11.8 Å². The second-order valence-corrected chi connectivity index (χ2v) is 5.82. The Morgan fingerprint density at radius 1 is 1.35 bits per heavy atom. The first-order valence-corrected chi connectivity index (χ1v) is 7.86. The lowest BCUT2D eigenvalue weighted by molar-refractivity contribution is -0.132. The fourth-order valence-corrected chi connectivity index (χ4v) is 2.73. The van der Waals surface area contributed by atoms with Gasteiger partial charge in [0.2, 0.25) is 5.91 Å². The molecule has 0 radical (unpaired) electrons. The summed E-state index contributed by atoms with van der Waals surface area (Å²) >= 11 is 0. The van der Waals surface area contributed by atoms with E-state index >= 15 is 0 Å². The number of amides is 1. The molecule has 1 aliphatic heterocycles. The first-order valence-electron chi connectivity index (χ1n) is 7.86. The van der Waals surface area contributed by atoms with Gasteiger partial charge < -0.3 is 15.1 Å². The number of hydrogen-bond acceptors (Lipinski definition) is 4. The maximum absolute atomic E-state index is 13.7. The van der Waals surface area contributed by atoms with Crippen LogP contribution in [0.15, 0.2) is 34.9 Å². The van der Waals surface area contributed by atoms with Crippen LogP contribution in [-0.4, -0.2) is 34.9 Å². The van der Waals surface area contributed by atoms with Crippen molar-refractivity contribution in [1.82, 2.24) is 9.88 Å². The number of benzene rings is 1. The van der Waals surface area contributed by atoms with Crippen molar-refractivity contribution in [3.8, 4) is 11.3 Å². The minimum Gasteiger partial charge on any atom is -0.441 e. The lowest BCUT2D eigenvalue weighted by Crippen LogP contribution is -2.42. The Bertz CT molecular complexity index is 678. The second-order valence-electron chi connectivity index (χ2n) is 5.82. The average molecular weight is 317 g/mol. The molecule has 0 saturated carbocycles. The molecule has 0 unspecified atom stereocenters. The van der Waals surface area contributed by atoms with Gasteiger partial charge in [-0.2, -0.15) is 0 Å². The molecule has 23 heavy (non-hydrogen) atoms. The van der Waals surface area contributed by atoms with Crippen molar-refractivity contribution in [2.45, 2.75) is 31.7 Å². The molecule has 1 aromatic heterocycles. The maximum Gasteiger partial charge on any atom is 0.223 e. The number of likely N-dealkylation sites (tertiary alicyclic amines) is 1. The van der Waals surface area contributed by atoms with Crippen molar-refractivity contribution in [2.24, 2.45) is 5.73 Å². The average Bonchev–Trinajstić information content (AvgIpc) is 3.02. The van der Waals surface area contributed by atoms with Crippen molar-refractivity contribution in [2.75, 3.05) is 13.1 Å². The largest absolute Gasteiger partial charge is 0.441 e. The predicted octanol–water partition coefficient (Wildman–Crippen LogP) is 2.36. The third-order valence-corrected chi connectivity index (χ3v) is 4.14. The summed E-state index contributed by atoms with van der Waals surface area (Å²) in [6, 6.07) is 6.59. The number of nitrogens with two attached hydrogens (primary N) is 1. The Hall–Kier alpha value is -2.21. The van der Waals surface area contributed by atoms with Gasteiger partial charge >= 0.3 is 0 Å². The van der Waals surface area contributed by atoms with Crippen LogP contribution >= 0.6 is 0 Å². The molecule has 0 aliphatic carbocycles. The van der Waals surface area contributed by atoms with E-state index in [0.717, 1.165) is 12.8 Å². The second kappa shape index (κ2) is 6.91. The highest BCUT2D eigenvalue weighted by atomic mass is 19.1. The van der Waals surface area contributed by atoms with Crippen LogP contribution in [0.1, 0.15) is 25.2 Å². The molecule has 2 heterocycles. The van der Waals surface area contributed by atoms with Crippen molar-refractivity contribution >= 4 is 5.91 Å². The van der Waals surface area contributed by atoms with Gasteiger partial charge in [-0.05, 0) is 25.0 Å². The molecule has 6 heteroatoms.